The third kappa shape index (κ3) is 4.00. The number of nitrogens with zero attached hydrogens (tertiary/aromatic N) is 1. The van der Waals surface area contributed by atoms with Gasteiger partial charge in [0.2, 0.25) is 0 Å². The van der Waals surface area contributed by atoms with Gasteiger partial charge >= 0.3 is 0 Å². The summed E-state index contributed by atoms with van der Waals surface area (Å²) in [6.07, 6.45) is 7.44. The van der Waals surface area contributed by atoms with Gasteiger partial charge in [0.1, 0.15) is 0 Å². The molecule has 0 unspecified atom stereocenters. The molecule has 0 aliphatic heterocycles. The Morgan fingerprint density at radius 3 is 2.53 bits per heavy atom. The number of aromatic nitrogens is 1. The molecule has 2 N–H and O–H groups in total. The molecule has 0 radical (unpaired) electrons. The molecule has 2 nitrogen and oxygen atoms in total. The van der Waals surface area contributed by atoms with Crippen molar-refractivity contribution in [3.8, 4) is 0 Å². The van der Waals surface area contributed by atoms with Crippen LogP contribution in [0, 0.1) is 5.92 Å². The van der Waals surface area contributed by atoms with Crippen molar-refractivity contribution in [1.29, 1.82) is 0 Å². The number of hydrogen-bond donors (Lipinski definition) is 1. The molecule has 84 valence electrons. The summed E-state index contributed by atoms with van der Waals surface area (Å²) >= 11 is 0. The summed E-state index contributed by atoms with van der Waals surface area (Å²) in [5, 5.41) is 0. The summed E-state index contributed by atoms with van der Waals surface area (Å²) in [7, 11) is 0. The van der Waals surface area contributed by atoms with E-state index in [1.54, 1.807) is 0 Å². The minimum Gasteiger partial charge on any atom is -0.330 e. The Labute approximate surface area is 92.9 Å². The molecule has 0 saturated carbocycles. The van der Waals surface area contributed by atoms with Crippen LogP contribution in [0.5, 0.6) is 0 Å². The van der Waals surface area contributed by atoms with E-state index < -0.39 is 0 Å². The quantitative estimate of drug-likeness (QED) is 0.777. The zero-order valence-corrected chi connectivity index (χ0v) is 9.82. The van der Waals surface area contributed by atoms with Gasteiger partial charge in [0.25, 0.3) is 0 Å². The highest BCUT2D eigenvalue weighted by atomic mass is 14.6. The Bertz CT molecular complexity index is 258. The second-order valence-corrected chi connectivity index (χ2v) is 4.34. The van der Waals surface area contributed by atoms with Gasteiger partial charge in [0, 0.05) is 12.4 Å². The maximum atomic E-state index is 5.83. The predicted molar refractivity (Wildman–Crippen MR) is 64.7 cm³/mol. The maximum Gasteiger partial charge on any atom is 0.0270 e. The van der Waals surface area contributed by atoms with Gasteiger partial charge in [-0.1, -0.05) is 26.7 Å². The molecular formula is C13H22N2. The standard InChI is InChI=1S/C13H22N2/c1-3-4-11(2)9-13(10-14)12-5-7-15-8-6-12/h5-8,11,13H,3-4,9-10,14H2,1-2H3/t11-,13-/m1/s1. The summed E-state index contributed by atoms with van der Waals surface area (Å²) in [5.41, 5.74) is 7.16. The fraction of sp³-hybridized carbons (Fsp3) is 0.615. The molecule has 15 heavy (non-hydrogen) atoms. The Hall–Kier alpha value is -0.890. The molecule has 2 atom stereocenters. The fourth-order valence-corrected chi connectivity index (χ4v) is 2.10. The zero-order valence-electron chi connectivity index (χ0n) is 9.82. The van der Waals surface area contributed by atoms with E-state index >= 15 is 0 Å². The average molecular weight is 206 g/mol. The van der Waals surface area contributed by atoms with Crippen LogP contribution < -0.4 is 5.73 Å². The van der Waals surface area contributed by atoms with E-state index in [0.717, 1.165) is 12.5 Å². The minimum atomic E-state index is 0.495. The molecule has 0 aliphatic carbocycles. The Kier molecular flexibility index (Phi) is 5.33. The topological polar surface area (TPSA) is 38.9 Å². The molecule has 0 saturated heterocycles. The summed E-state index contributed by atoms with van der Waals surface area (Å²) in [5.74, 6) is 1.26. The van der Waals surface area contributed by atoms with Gasteiger partial charge in [-0.25, -0.2) is 0 Å². The van der Waals surface area contributed by atoms with Crippen molar-refractivity contribution in [3.05, 3.63) is 30.1 Å². The lowest BCUT2D eigenvalue weighted by Gasteiger charge is -2.19. The lowest BCUT2D eigenvalue weighted by molar-refractivity contribution is 0.438. The van der Waals surface area contributed by atoms with Crippen LogP contribution in [0.15, 0.2) is 24.5 Å². The van der Waals surface area contributed by atoms with Gasteiger partial charge in [0.15, 0.2) is 0 Å². The normalized spacial score (nSPS) is 14.9. The van der Waals surface area contributed by atoms with Crippen LogP contribution in [-0.4, -0.2) is 11.5 Å². The lowest BCUT2D eigenvalue weighted by Crippen LogP contribution is -2.15. The summed E-state index contributed by atoms with van der Waals surface area (Å²) in [6, 6.07) is 4.16. The molecule has 0 spiro atoms. The molecule has 0 fully saturated rings. The number of rotatable bonds is 6. The van der Waals surface area contributed by atoms with Crippen LogP contribution in [0.4, 0.5) is 0 Å². The molecular weight excluding hydrogens is 184 g/mol. The van der Waals surface area contributed by atoms with Crippen LogP contribution in [0.25, 0.3) is 0 Å². The summed E-state index contributed by atoms with van der Waals surface area (Å²) in [4.78, 5) is 4.04. The molecule has 0 amide bonds. The number of pyridine rings is 1. The Balaban J connectivity index is 2.56. The minimum absolute atomic E-state index is 0.495. The van der Waals surface area contributed by atoms with Crippen molar-refractivity contribution in [3.63, 3.8) is 0 Å². The van der Waals surface area contributed by atoms with E-state index in [4.69, 9.17) is 5.73 Å². The molecule has 1 rings (SSSR count). The van der Waals surface area contributed by atoms with Gasteiger partial charge < -0.3 is 5.73 Å². The van der Waals surface area contributed by atoms with Crippen LogP contribution >= 0.6 is 0 Å². The first-order valence-corrected chi connectivity index (χ1v) is 5.87. The average Bonchev–Trinajstić information content (AvgIpc) is 2.27. The molecule has 0 bridgehead atoms. The van der Waals surface area contributed by atoms with Crippen molar-refractivity contribution < 1.29 is 0 Å². The van der Waals surface area contributed by atoms with Crippen molar-refractivity contribution >= 4 is 0 Å². The molecule has 1 aromatic heterocycles. The highest BCUT2D eigenvalue weighted by Crippen LogP contribution is 2.24. The highest BCUT2D eigenvalue weighted by molar-refractivity contribution is 5.16. The SMILES string of the molecule is CCC[C@@H](C)C[C@H](CN)c1ccncc1. The van der Waals surface area contributed by atoms with Gasteiger partial charge in [-0.15, -0.1) is 0 Å². The van der Waals surface area contributed by atoms with E-state index in [1.807, 2.05) is 12.4 Å². The van der Waals surface area contributed by atoms with E-state index in [9.17, 15) is 0 Å². The molecule has 1 aromatic rings. The van der Waals surface area contributed by atoms with E-state index in [-0.39, 0.29) is 0 Å². The first-order valence-electron chi connectivity index (χ1n) is 5.87. The van der Waals surface area contributed by atoms with Crippen molar-refractivity contribution in [1.82, 2.24) is 4.98 Å². The van der Waals surface area contributed by atoms with Gasteiger partial charge in [-0.3, -0.25) is 4.98 Å². The first-order chi connectivity index (χ1) is 7.27. The van der Waals surface area contributed by atoms with Crippen LogP contribution in [0.2, 0.25) is 0 Å². The van der Waals surface area contributed by atoms with Crippen LogP contribution in [-0.2, 0) is 0 Å². The van der Waals surface area contributed by atoms with Crippen molar-refractivity contribution in [2.75, 3.05) is 6.54 Å². The van der Waals surface area contributed by atoms with E-state index in [1.165, 1.54) is 24.8 Å². The Morgan fingerprint density at radius 1 is 1.33 bits per heavy atom. The fourth-order valence-electron chi connectivity index (χ4n) is 2.10. The molecule has 2 heteroatoms. The molecule has 1 heterocycles. The summed E-state index contributed by atoms with van der Waals surface area (Å²) < 4.78 is 0. The largest absolute Gasteiger partial charge is 0.330 e. The van der Waals surface area contributed by atoms with Crippen LogP contribution in [0.3, 0.4) is 0 Å². The third-order valence-electron chi connectivity index (χ3n) is 2.93. The predicted octanol–water partition coefficient (Wildman–Crippen LogP) is 2.95. The Morgan fingerprint density at radius 2 is 2.00 bits per heavy atom. The zero-order chi connectivity index (χ0) is 11.1. The lowest BCUT2D eigenvalue weighted by atomic mass is 9.88. The monoisotopic (exact) mass is 206 g/mol. The highest BCUT2D eigenvalue weighted by Gasteiger charge is 2.13. The van der Waals surface area contributed by atoms with Gasteiger partial charge in [-0.2, -0.15) is 0 Å². The van der Waals surface area contributed by atoms with Crippen LogP contribution in [0.1, 0.15) is 44.6 Å². The second kappa shape index (κ2) is 6.57. The van der Waals surface area contributed by atoms with E-state index in [2.05, 4.69) is 31.0 Å². The third-order valence-corrected chi connectivity index (χ3v) is 2.93. The summed E-state index contributed by atoms with van der Waals surface area (Å²) in [6.45, 7) is 5.28. The first kappa shape index (κ1) is 12.2. The number of nitrogens with two attached hydrogens (primary N) is 1. The molecule has 0 aliphatic rings. The smallest absolute Gasteiger partial charge is 0.0270 e. The maximum absolute atomic E-state index is 5.83. The molecule has 0 aromatic carbocycles. The van der Waals surface area contributed by atoms with E-state index in [0.29, 0.717) is 5.92 Å². The van der Waals surface area contributed by atoms with Gasteiger partial charge in [0.05, 0.1) is 0 Å². The van der Waals surface area contributed by atoms with Gasteiger partial charge in [-0.05, 0) is 42.5 Å². The van der Waals surface area contributed by atoms with Crippen molar-refractivity contribution in [2.45, 2.75) is 39.0 Å². The second-order valence-electron chi connectivity index (χ2n) is 4.34. The number of hydrogen-bond acceptors (Lipinski definition) is 2. The van der Waals surface area contributed by atoms with Crippen molar-refractivity contribution in [2.24, 2.45) is 11.7 Å².